The van der Waals surface area contributed by atoms with Gasteiger partial charge in [0.2, 0.25) is 0 Å². The highest BCUT2D eigenvalue weighted by Crippen LogP contribution is 2.30. The van der Waals surface area contributed by atoms with Crippen LogP contribution in [0.5, 0.6) is 0 Å². The predicted molar refractivity (Wildman–Crippen MR) is 84.9 cm³/mol. The van der Waals surface area contributed by atoms with Crippen molar-refractivity contribution < 1.29 is 0 Å². The van der Waals surface area contributed by atoms with Gasteiger partial charge in [-0.15, -0.1) is 0 Å². The number of rotatable bonds is 4. The van der Waals surface area contributed by atoms with Crippen LogP contribution in [0.2, 0.25) is 0 Å². The zero-order valence-electron chi connectivity index (χ0n) is 12.6. The Labute approximate surface area is 125 Å². The van der Waals surface area contributed by atoms with E-state index in [-0.39, 0.29) is 0 Å². The lowest BCUT2D eigenvalue weighted by Gasteiger charge is -2.33. The second kappa shape index (κ2) is 6.26. The average molecular weight is 285 g/mol. The molecule has 0 saturated carbocycles. The Morgan fingerprint density at radius 2 is 2.14 bits per heavy atom. The predicted octanol–water partition coefficient (Wildman–Crippen LogP) is 2.57. The van der Waals surface area contributed by atoms with E-state index in [0.717, 1.165) is 11.3 Å². The number of nitrogen functional groups attached to an aromatic ring is 1. The molecule has 1 aliphatic rings. The summed E-state index contributed by atoms with van der Waals surface area (Å²) in [5.41, 5.74) is 8.07. The van der Waals surface area contributed by atoms with Crippen molar-refractivity contribution in [3.05, 3.63) is 30.9 Å². The van der Waals surface area contributed by atoms with Crippen LogP contribution in [0.25, 0.3) is 11.3 Å². The standard InChI is InChI=1S/C16H23N5/c1-2-8-20-9-5-13(6-10-20)21-12-18-11-15(21)14-4-3-7-19-16(14)17/h3-4,7,11-13H,2,5-6,8-10H2,1H3,(H2,17,19). The Balaban J connectivity index is 1.79. The number of imidazole rings is 1. The number of hydrogen-bond acceptors (Lipinski definition) is 4. The van der Waals surface area contributed by atoms with Crippen molar-refractivity contribution in [1.29, 1.82) is 0 Å². The zero-order valence-corrected chi connectivity index (χ0v) is 12.6. The Hall–Kier alpha value is -1.88. The van der Waals surface area contributed by atoms with Gasteiger partial charge in [0, 0.05) is 30.9 Å². The van der Waals surface area contributed by atoms with Gasteiger partial charge in [-0.25, -0.2) is 9.97 Å². The molecule has 0 atom stereocenters. The Morgan fingerprint density at radius 3 is 2.86 bits per heavy atom. The first kappa shape index (κ1) is 14.1. The number of nitrogens with two attached hydrogens (primary N) is 1. The van der Waals surface area contributed by atoms with E-state index in [1.165, 1.54) is 38.9 Å². The molecule has 3 rings (SSSR count). The van der Waals surface area contributed by atoms with Gasteiger partial charge >= 0.3 is 0 Å². The molecule has 5 heteroatoms. The van der Waals surface area contributed by atoms with Gasteiger partial charge in [-0.1, -0.05) is 6.92 Å². The summed E-state index contributed by atoms with van der Waals surface area (Å²) < 4.78 is 2.27. The molecule has 0 unspecified atom stereocenters. The van der Waals surface area contributed by atoms with Crippen LogP contribution in [0.4, 0.5) is 5.82 Å². The maximum Gasteiger partial charge on any atom is 0.132 e. The van der Waals surface area contributed by atoms with Gasteiger partial charge in [0.15, 0.2) is 0 Å². The van der Waals surface area contributed by atoms with E-state index < -0.39 is 0 Å². The highest BCUT2D eigenvalue weighted by molar-refractivity contribution is 5.70. The topological polar surface area (TPSA) is 60.0 Å². The Bertz CT molecular complexity index is 584. The van der Waals surface area contributed by atoms with Crippen molar-refractivity contribution in [2.24, 2.45) is 0 Å². The Kier molecular flexibility index (Phi) is 4.20. The van der Waals surface area contributed by atoms with E-state index >= 15 is 0 Å². The van der Waals surface area contributed by atoms with Crippen molar-refractivity contribution in [2.75, 3.05) is 25.4 Å². The van der Waals surface area contributed by atoms with E-state index in [0.29, 0.717) is 11.9 Å². The molecule has 1 saturated heterocycles. The monoisotopic (exact) mass is 285 g/mol. The highest BCUT2D eigenvalue weighted by atomic mass is 15.2. The molecule has 0 spiro atoms. The summed E-state index contributed by atoms with van der Waals surface area (Å²) in [6.07, 6.45) is 9.12. The Morgan fingerprint density at radius 1 is 1.33 bits per heavy atom. The third-order valence-electron chi connectivity index (χ3n) is 4.27. The van der Waals surface area contributed by atoms with Crippen LogP contribution in [0.15, 0.2) is 30.9 Å². The third kappa shape index (κ3) is 2.93. The summed E-state index contributed by atoms with van der Waals surface area (Å²) in [6, 6.07) is 4.45. The third-order valence-corrected chi connectivity index (χ3v) is 4.27. The van der Waals surface area contributed by atoms with E-state index in [9.17, 15) is 0 Å². The van der Waals surface area contributed by atoms with Crippen LogP contribution in [0.1, 0.15) is 32.2 Å². The zero-order chi connectivity index (χ0) is 14.7. The van der Waals surface area contributed by atoms with Crippen LogP contribution < -0.4 is 5.73 Å². The first-order chi connectivity index (χ1) is 10.3. The lowest BCUT2D eigenvalue weighted by atomic mass is 10.0. The highest BCUT2D eigenvalue weighted by Gasteiger charge is 2.22. The van der Waals surface area contributed by atoms with Crippen molar-refractivity contribution in [1.82, 2.24) is 19.4 Å². The fourth-order valence-corrected chi connectivity index (χ4v) is 3.18. The fraction of sp³-hybridized carbons (Fsp3) is 0.500. The van der Waals surface area contributed by atoms with E-state index in [4.69, 9.17) is 5.73 Å². The van der Waals surface area contributed by atoms with Crippen LogP contribution in [-0.2, 0) is 0 Å². The fourth-order valence-electron chi connectivity index (χ4n) is 3.18. The van der Waals surface area contributed by atoms with Crippen LogP contribution in [-0.4, -0.2) is 39.1 Å². The largest absolute Gasteiger partial charge is 0.383 e. The molecular weight excluding hydrogens is 262 g/mol. The van der Waals surface area contributed by atoms with E-state index in [1.54, 1.807) is 6.20 Å². The van der Waals surface area contributed by atoms with Crippen molar-refractivity contribution in [3.63, 3.8) is 0 Å². The van der Waals surface area contributed by atoms with E-state index in [2.05, 4.69) is 26.4 Å². The molecular formula is C16H23N5. The minimum atomic E-state index is 0.509. The molecule has 3 heterocycles. The molecule has 112 valence electrons. The minimum absolute atomic E-state index is 0.509. The molecule has 2 aromatic rings. The first-order valence-electron chi connectivity index (χ1n) is 7.74. The second-order valence-corrected chi connectivity index (χ2v) is 5.70. The number of anilines is 1. The molecule has 0 aliphatic carbocycles. The quantitative estimate of drug-likeness (QED) is 0.938. The van der Waals surface area contributed by atoms with Gasteiger partial charge in [0.05, 0.1) is 18.2 Å². The summed E-state index contributed by atoms with van der Waals surface area (Å²) in [6.45, 7) is 5.78. The van der Waals surface area contributed by atoms with Crippen LogP contribution in [0.3, 0.4) is 0 Å². The van der Waals surface area contributed by atoms with Crippen molar-refractivity contribution in [3.8, 4) is 11.3 Å². The molecule has 0 aromatic carbocycles. The summed E-state index contributed by atoms with van der Waals surface area (Å²) in [5.74, 6) is 0.572. The average Bonchev–Trinajstić information content (AvgIpc) is 2.98. The van der Waals surface area contributed by atoms with Gasteiger partial charge < -0.3 is 15.2 Å². The van der Waals surface area contributed by atoms with Gasteiger partial charge in [0.1, 0.15) is 5.82 Å². The van der Waals surface area contributed by atoms with Crippen LogP contribution in [0, 0.1) is 0 Å². The maximum absolute atomic E-state index is 6.01. The molecule has 0 radical (unpaired) electrons. The summed E-state index contributed by atoms with van der Waals surface area (Å²) in [5, 5.41) is 0. The smallest absolute Gasteiger partial charge is 0.132 e. The molecule has 1 fully saturated rings. The molecule has 2 aromatic heterocycles. The first-order valence-corrected chi connectivity index (χ1v) is 7.74. The maximum atomic E-state index is 6.01. The molecule has 2 N–H and O–H groups in total. The van der Waals surface area contributed by atoms with E-state index in [1.807, 2.05) is 24.7 Å². The molecule has 0 amide bonds. The SMILES string of the molecule is CCCN1CCC(n2cncc2-c2cccnc2N)CC1. The van der Waals surface area contributed by atoms with Gasteiger partial charge in [-0.3, -0.25) is 0 Å². The number of hydrogen-bond donors (Lipinski definition) is 1. The number of aromatic nitrogens is 3. The second-order valence-electron chi connectivity index (χ2n) is 5.70. The number of pyridine rings is 1. The molecule has 1 aliphatic heterocycles. The summed E-state index contributed by atoms with van der Waals surface area (Å²) >= 11 is 0. The molecule has 21 heavy (non-hydrogen) atoms. The molecule has 5 nitrogen and oxygen atoms in total. The van der Waals surface area contributed by atoms with Gasteiger partial charge in [0.25, 0.3) is 0 Å². The lowest BCUT2D eigenvalue weighted by Crippen LogP contribution is -2.35. The van der Waals surface area contributed by atoms with Gasteiger partial charge in [-0.05, 0) is 37.9 Å². The van der Waals surface area contributed by atoms with Crippen molar-refractivity contribution >= 4 is 5.82 Å². The number of piperidine rings is 1. The summed E-state index contributed by atoms with van der Waals surface area (Å²) in [4.78, 5) is 11.1. The minimum Gasteiger partial charge on any atom is -0.383 e. The number of likely N-dealkylation sites (tertiary alicyclic amines) is 1. The van der Waals surface area contributed by atoms with Crippen LogP contribution >= 0.6 is 0 Å². The molecule has 0 bridgehead atoms. The normalized spacial score (nSPS) is 17.2. The summed E-state index contributed by atoms with van der Waals surface area (Å²) in [7, 11) is 0. The number of nitrogens with zero attached hydrogens (tertiary/aromatic N) is 4. The lowest BCUT2D eigenvalue weighted by molar-refractivity contribution is 0.187. The van der Waals surface area contributed by atoms with Gasteiger partial charge in [-0.2, -0.15) is 0 Å². The van der Waals surface area contributed by atoms with Crippen molar-refractivity contribution in [2.45, 2.75) is 32.2 Å².